The summed E-state index contributed by atoms with van der Waals surface area (Å²) in [5.41, 5.74) is 17.8. The summed E-state index contributed by atoms with van der Waals surface area (Å²) in [6, 6.07) is 3.62. The number of guanidine groups is 1. The number of hydrogen-bond acceptors (Lipinski definition) is 6. The molecular formula is C26H40N8O5. The van der Waals surface area contributed by atoms with Crippen molar-refractivity contribution < 1.29 is 24.3 Å². The van der Waals surface area contributed by atoms with Crippen LogP contribution in [0.3, 0.4) is 0 Å². The first-order chi connectivity index (χ1) is 18.4. The van der Waals surface area contributed by atoms with Gasteiger partial charge in [0.15, 0.2) is 5.96 Å². The van der Waals surface area contributed by atoms with Gasteiger partial charge in [-0.3, -0.25) is 29.5 Å². The van der Waals surface area contributed by atoms with Crippen molar-refractivity contribution in [3.05, 3.63) is 36.0 Å². The summed E-state index contributed by atoms with van der Waals surface area (Å²) in [4.78, 5) is 57.2. The molecule has 1 heterocycles. The number of rotatable bonds is 16. The Bertz CT molecular complexity index is 1170. The van der Waals surface area contributed by atoms with Gasteiger partial charge in [-0.1, -0.05) is 32.0 Å². The van der Waals surface area contributed by atoms with Crippen LogP contribution in [0.1, 0.15) is 45.6 Å². The third-order valence-corrected chi connectivity index (χ3v) is 6.18. The minimum Gasteiger partial charge on any atom is -0.480 e. The Morgan fingerprint density at radius 1 is 0.974 bits per heavy atom. The number of carboxylic acid groups (broad SMARTS) is 1. The molecule has 0 radical (unpaired) electrons. The van der Waals surface area contributed by atoms with E-state index in [0.717, 1.165) is 16.5 Å². The van der Waals surface area contributed by atoms with Gasteiger partial charge in [0.25, 0.3) is 0 Å². The first kappa shape index (κ1) is 31.1. The molecule has 0 bridgehead atoms. The van der Waals surface area contributed by atoms with Crippen LogP contribution in [-0.4, -0.2) is 70.5 Å². The number of nitrogens with two attached hydrogens (primary N) is 3. The number of aromatic amines is 1. The maximum atomic E-state index is 13.5. The lowest BCUT2D eigenvalue weighted by atomic mass is 10.00. The first-order valence-corrected chi connectivity index (χ1v) is 12.9. The molecule has 39 heavy (non-hydrogen) atoms. The third-order valence-electron chi connectivity index (χ3n) is 6.18. The SMILES string of the molecule is CC(C)C[C@H](NC(=O)[C@H](Cc1c[nH]c2ccccc12)NC(C)C(=O)O)C(=O)N[C@@H](CCCN=C(N)N)C(N)=O. The fourth-order valence-electron chi connectivity index (χ4n) is 4.16. The van der Waals surface area contributed by atoms with Crippen LogP contribution in [0.4, 0.5) is 0 Å². The summed E-state index contributed by atoms with van der Waals surface area (Å²) >= 11 is 0. The number of carbonyl (C=O) groups is 4. The smallest absolute Gasteiger partial charge is 0.320 e. The van der Waals surface area contributed by atoms with E-state index in [-0.39, 0.29) is 37.7 Å². The summed E-state index contributed by atoms with van der Waals surface area (Å²) in [6.45, 7) is 5.48. The number of para-hydroxylation sites is 1. The molecule has 3 amide bonds. The van der Waals surface area contributed by atoms with Crippen LogP contribution in [0.5, 0.6) is 0 Å². The van der Waals surface area contributed by atoms with E-state index in [2.05, 4.69) is 25.9 Å². The molecule has 0 spiro atoms. The van der Waals surface area contributed by atoms with E-state index in [4.69, 9.17) is 17.2 Å². The van der Waals surface area contributed by atoms with Gasteiger partial charge in [-0.2, -0.15) is 0 Å². The topological polar surface area (TPSA) is 231 Å². The van der Waals surface area contributed by atoms with Crippen LogP contribution in [0, 0.1) is 5.92 Å². The van der Waals surface area contributed by atoms with Gasteiger partial charge in [0.1, 0.15) is 18.1 Å². The number of aliphatic imine (C=N–C) groups is 1. The number of hydrogen-bond donors (Lipinski definition) is 8. The number of nitrogens with one attached hydrogen (secondary N) is 4. The highest BCUT2D eigenvalue weighted by molar-refractivity contribution is 5.93. The van der Waals surface area contributed by atoms with Gasteiger partial charge in [0, 0.05) is 23.6 Å². The van der Waals surface area contributed by atoms with E-state index in [1.165, 1.54) is 6.92 Å². The third kappa shape index (κ3) is 9.93. The largest absolute Gasteiger partial charge is 0.480 e. The number of aromatic nitrogens is 1. The molecule has 1 aromatic heterocycles. The number of nitrogens with zero attached hydrogens (tertiary/aromatic N) is 1. The molecule has 0 aliphatic heterocycles. The van der Waals surface area contributed by atoms with Crippen molar-refractivity contribution in [1.29, 1.82) is 0 Å². The minimum atomic E-state index is -1.12. The van der Waals surface area contributed by atoms with Crippen LogP contribution in [-0.2, 0) is 25.6 Å². The molecule has 0 aliphatic carbocycles. The second-order valence-electron chi connectivity index (χ2n) is 9.95. The van der Waals surface area contributed by atoms with Crippen molar-refractivity contribution in [3.8, 4) is 0 Å². The lowest BCUT2D eigenvalue weighted by molar-refractivity contribution is -0.139. The van der Waals surface area contributed by atoms with Crippen molar-refractivity contribution in [3.63, 3.8) is 0 Å². The second-order valence-corrected chi connectivity index (χ2v) is 9.95. The average molecular weight is 545 g/mol. The Morgan fingerprint density at radius 3 is 2.23 bits per heavy atom. The molecule has 0 aliphatic rings. The van der Waals surface area contributed by atoms with Crippen LogP contribution in [0.2, 0.25) is 0 Å². The van der Waals surface area contributed by atoms with Crippen LogP contribution >= 0.6 is 0 Å². The van der Waals surface area contributed by atoms with Gasteiger partial charge in [-0.15, -0.1) is 0 Å². The van der Waals surface area contributed by atoms with Crippen molar-refractivity contribution >= 4 is 40.6 Å². The van der Waals surface area contributed by atoms with Gasteiger partial charge in [0.05, 0.1) is 6.04 Å². The van der Waals surface area contributed by atoms with Crippen LogP contribution in [0.15, 0.2) is 35.5 Å². The maximum Gasteiger partial charge on any atom is 0.320 e. The van der Waals surface area contributed by atoms with E-state index >= 15 is 0 Å². The normalized spacial score (nSPS) is 14.3. The number of fused-ring (bicyclic) bond motifs is 1. The lowest BCUT2D eigenvalue weighted by Gasteiger charge is -2.26. The van der Waals surface area contributed by atoms with Crippen molar-refractivity contribution in [2.75, 3.05) is 6.54 Å². The molecule has 2 aromatic rings. The number of aliphatic carboxylic acids is 1. The zero-order chi connectivity index (χ0) is 29.1. The van der Waals surface area contributed by atoms with Gasteiger partial charge >= 0.3 is 5.97 Å². The number of primary amides is 1. The van der Waals surface area contributed by atoms with Gasteiger partial charge in [0.2, 0.25) is 17.7 Å². The summed E-state index contributed by atoms with van der Waals surface area (Å²) in [7, 11) is 0. The fraction of sp³-hybridized carbons (Fsp3) is 0.500. The summed E-state index contributed by atoms with van der Waals surface area (Å²) in [5, 5.41) is 18.6. The van der Waals surface area contributed by atoms with Crippen LogP contribution in [0.25, 0.3) is 10.9 Å². The molecule has 13 nitrogen and oxygen atoms in total. The molecule has 11 N–H and O–H groups in total. The predicted octanol–water partition coefficient (Wildman–Crippen LogP) is -0.304. The molecule has 13 heteroatoms. The number of H-pyrrole nitrogens is 1. The Balaban J connectivity index is 2.21. The van der Waals surface area contributed by atoms with Gasteiger partial charge < -0.3 is 37.9 Å². The summed E-state index contributed by atoms with van der Waals surface area (Å²) in [5.74, 6) is -3.02. The van der Waals surface area contributed by atoms with E-state index < -0.39 is 47.9 Å². The molecule has 0 fully saturated rings. The predicted molar refractivity (Wildman–Crippen MR) is 148 cm³/mol. The molecular weight excluding hydrogens is 504 g/mol. The second kappa shape index (κ2) is 14.7. The van der Waals surface area contributed by atoms with Crippen LogP contribution < -0.4 is 33.2 Å². The van der Waals surface area contributed by atoms with Gasteiger partial charge in [-0.05, 0) is 50.2 Å². The Hall–Kier alpha value is -4.13. The quantitative estimate of drug-likeness (QED) is 0.0792. The monoisotopic (exact) mass is 544 g/mol. The lowest BCUT2D eigenvalue weighted by Crippen LogP contribution is -2.57. The molecule has 0 saturated carbocycles. The van der Waals surface area contributed by atoms with Gasteiger partial charge in [-0.25, -0.2) is 0 Å². The highest BCUT2D eigenvalue weighted by Gasteiger charge is 2.30. The molecule has 2 rings (SSSR count). The zero-order valence-electron chi connectivity index (χ0n) is 22.6. The Labute approximate surface area is 227 Å². The van der Waals surface area contributed by atoms with Crippen molar-refractivity contribution in [2.45, 2.75) is 70.6 Å². The molecule has 214 valence electrons. The molecule has 1 aromatic carbocycles. The Kier molecular flexibility index (Phi) is 11.7. The van der Waals surface area contributed by atoms with Crippen molar-refractivity contribution in [1.82, 2.24) is 20.9 Å². The minimum absolute atomic E-state index is 0.0212. The number of carboxylic acids is 1. The molecule has 1 unspecified atom stereocenters. The Morgan fingerprint density at radius 2 is 1.62 bits per heavy atom. The zero-order valence-corrected chi connectivity index (χ0v) is 22.6. The maximum absolute atomic E-state index is 13.5. The number of benzene rings is 1. The first-order valence-electron chi connectivity index (χ1n) is 12.9. The molecule has 0 saturated heterocycles. The van der Waals surface area contributed by atoms with Crippen molar-refractivity contribution in [2.24, 2.45) is 28.1 Å². The fourth-order valence-corrected chi connectivity index (χ4v) is 4.16. The highest BCUT2D eigenvalue weighted by Crippen LogP contribution is 2.19. The number of amides is 3. The van der Waals surface area contributed by atoms with E-state index in [0.29, 0.717) is 6.42 Å². The van der Waals surface area contributed by atoms with E-state index in [1.807, 2.05) is 38.1 Å². The van der Waals surface area contributed by atoms with E-state index in [9.17, 15) is 24.3 Å². The summed E-state index contributed by atoms with van der Waals surface area (Å²) < 4.78 is 0. The summed E-state index contributed by atoms with van der Waals surface area (Å²) in [6.07, 6.45) is 2.84. The average Bonchev–Trinajstić information content (AvgIpc) is 3.26. The van der Waals surface area contributed by atoms with E-state index in [1.54, 1.807) is 6.20 Å². The highest BCUT2D eigenvalue weighted by atomic mass is 16.4. The number of carbonyl (C=O) groups excluding carboxylic acids is 3. The molecule has 4 atom stereocenters. The standard InChI is InChI=1S/C26H40N8O5/c1-14(2)11-20(23(36)33-19(22(27)35)9-6-10-30-26(28)29)34-24(37)21(32-15(3)25(38)39)12-16-13-31-18-8-5-4-7-17(16)18/h4-5,7-8,13-15,19-21,31-32H,6,9-12H2,1-3H3,(H2,27,35)(H,33,36)(H,34,37)(H,38,39)(H4,28,29,30)/t15?,19-,20-,21-/m0/s1.